The summed E-state index contributed by atoms with van der Waals surface area (Å²) in [6.45, 7) is 4.56. The van der Waals surface area contributed by atoms with Crippen LogP contribution in [-0.4, -0.2) is 20.6 Å². The van der Waals surface area contributed by atoms with Crippen LogP contribution in [0.1, 0.15) is 40.3 Å². The molecule has 1 heterocycles. The number of rotatable bonds is 5. The number of carbonyl (C=O) groups excluding carboxylic acids is 1. The van der Waals surface area contributed by atoms with Gasteiger partial charge in [-0.1, -0.05) is 60.7 Å². The average Bonchev–Trinajstić information content (AvgIpc) is 2.99. The summed E-state index contributed by atoms with van der Waals surface area (Å²) in [7, 11) is 1.86. The number of hydrogen-bond acceptors (Lipinski definition) is 2. The van der Waals surface area contributed by atoms with Crippen molar-refractivity contribution in [1.82, 2.24) is 14.7 Å². The van der Waals surface area contributed by atoms with Gasteiger partial charge in [0.05, 0.1) is 6.04 Å². The maximum absolute atomic E-state index is 13.2. The Bertz CT molecular complexity index is 821. The van der Waals surface area contributed by atoms with Gasteiger partial charge in [-0.15, -0.1) is 0 Å². The van der Waals surface area contributed by atoms with Crippen LogP contribution in [0.3, 0.4) is 0 Å². The first-order valence-corrected chi connectivity index (χ1v) is 8.46. The van der Waals surface area contributed by atoms with Crippen molar-refractivity contribution >= 4 is 5.91 Å². The van der Waals surface area contributed by atoms with Crippen molar-refractivity contribution in [3.05, 3.63) is 89.2 Å². The van der Waals surface area contributed by atoms with Crippen molar-refractivity contribution in [3.63, 3.8) is 0 Å². The lowest BCUT2D eigenvalue weighted by Gasteiger charge is -2.29. The Morgan fingerprint density at radius 1 is 1.08 bits per heavy atom. The van der Waals surface area contributed by atoms with Crippen LogP contribution >= 0.6 is 0 Å². The van der Waals surface area contributed by atoms with E-state index in [4.69, 9.17) is 0 Å². The molecule has 0 aliphatic rings. The molecule has 0 saturated heterocycles. The molecule has 3 rings (SSSR count). The Morgan fingerprint density at radius 2 is 1.68 bits per heavy atom. The highest BCUT2D eigenvalue weighted by Crippen LogP contribution is 2.24. The molecule has 0 saturated carbocycles. The maximum Gasteiger partial charge on any atom is 0.275 e. The van der Waals surface area contributed by atoms with E-state index in [9.17, 15) is 4.79 Å². The number of carbonyl (C=O) groups is 1. The van der Waals surface area contributed by atoms with E-state index in [1.807, 2.05) is 73.5 Å². The van der Waals surface area contributed by atoms with Gasteiger partial charge >= 0.3 is 0 Å². The molecule has 3 aromatic rings. The van der Waals surface area contributed by atoms with Crippen LogP contribution in [0.15, 0.2) is 66.7 Å². The summed E-state index contributed by atoms with van der Waals surface area (Å²) in [5, 5.41) is 4.37. The van der Waals surface area contributed by atoms with E-state index in [0.717, 1.165) is 16.8 Å². The van der Waals surface area contributed by atoms with Crippen LogP contribution in [-0.2, 0) is 13.6 Å². The second-order valence-corrected chi connectivity index (χ2v) is 6.30. The van der Waals surface area contributed by atoms with Gasteiger partial charge in [0.1, 0.15) is 0 Å². The lowest BCUT2D eigenvalue weighted by molar-refractivity contribution is 0.0667. The summed E-state index contributed by atoms with van der Waals surface area (Å²) in [5.41, 5.74) is 3.67. The van der Waals surface area contributed by atoms with Gasteiger partial charge in [0, 0.05) is 19.3 Å². The minimum atomic E-state index is -0.0519. The largest absolute Gasteiger partial charge is 0.326 e. The standard InChI is InChI=1S/C21H23N3O/c1-16-14-20(22-23(16)3)21(25)24(15-18-10-6-4-7-11-18)17(2)19-12-8-5-9-13-19/h4-14,17H,15H2,1-3H3/t17-/m1/s1. The molecule has 0 bridgehead atoms. The summed E-state index contributed by atoms with van der Waals surface area (Å²) in [5.74, 6) is -0.0519. The Kier molecular flexibility index (Phi) is 4.98. The zero-order valence-corrected chi connectivity index (χ0v) is 14.9. The van der Waals surface area contributed by atoms with Crippen molar-refractivity contribution in [2.24, 2.45) is 7.05 Å². The first-order valence-electron chi connectivity index (χ1n) is 8.46. The number of aromatic nitrogens is 2. The fourth-order valence-electron chi connectivity index (χ4n) is 2.89. The normalized spacial score (nSPS) is 12.0. The van der Waals surface area contributed by atoms with E-state index in [-0.39, 0.29) is 11.9 Å². The van der Waals surface area contributed by atoms with Crippen LogP contribution in [0.5, 0.6) is 0 Å². The number of benzene rings is 2. The average molecular weight is 333 g/mol. The van der Waals surface area contributed by atoms with Gasteiger partial charge in [0.25, 0.3) is 5.91 Å². The SMILES string of the molecule is Cc1cc(C(=O)N(Cc2ccccc2)[C@H](C)c2ccccc2)nn1C. The minimum absolute atomic E-state index is 0.0452. The maximum atomic E-state index is 13.2. The van der Waals surface area contributed by atoms with Gasteiger partial charge in [0.2, 0.25) is 0 Å². The molecule has 1 atom stereocenters. The summed E-state index contributed by atoms with van der Waals surface area (Å²) in [6, 6.07) is 22.0. The van der Waals surface area contributed by atoms with Crippen molar-refractivity contribution in [1.29, 1.82) is 0 Å². The Labute approximate surface area is 148 Å². The van der Waals surface area contributed by atoms with Crippen LogP contribution in [0.4, 0.5) is 0 Å². The number of hydrogen-bond donors (Lipinski definition) is 0. The first-order chi connectivity index (χ1) is 12.1. The van der Waals surface area contributed by atoms with Crippen LogP contribution in [0, 0.1) is 6.92 Å². The van der Waals surface area contributed by atoms with E-state index in [2.05, 4.69) is 24.2 Å². The lowest BCUT2D eigenvalue weighted by atomic mass is 10.1. The highest BCUT2D eigenvalue weighted by molar-refractivity contribution is 5.92. The summed E-state index contributed by atoms with van der Waals surface area (Å²) < 4.78 is 1.74. The molecule has 4 heteroatoms. The molecule has 0 radical (unpaired) electrons. The molecule has 128 valence electrons. The third kappa shape index (κ3) is 3.79. The van der Waals surface area contributed by atoms with E-state index < -0.39 is 0 Å². The second kappa shape index (κ2) is 7.34. The highest BCUT2D eigenvalue weighted by Gasteiger charge is 2.25. The van der Waals surface area contributed by atoms with Crippen LogP contribution in [0.2, 0.25) is 0 Å². The van der Waals surface area contributed by atoms with E-state index in [0.29, 0.717) is 12.2 Å². The predicted octanol–water partition coefficient (Wildman–Crippen LogP) is 4.13. The van der Waals surface area contributed by atoms with Crippen LogP contribution in [0.25, 0.3) is 0 Å². The quantitative estimate of drug-likeness (QED) is 0.704. The molecule has 0 fully saturated rings. The molecule has 1 amide bonds. The van der Waals surface area contributed by atoms with E-state index in [1.165, 1.54) is 0 Å². The molecule has 1 aromatic heterocycles. The third-order valence-electron chi connectivity index (χ3n) is 4.54. The number of amides is 1. The number of aryl methyl sites for hydroxylation is 2. The zero-order chi connectivity index (χ0) is 17.8. The second-order valence-electron chi connectivity index (χ2n) is 6.30. The third-order valence-corrected chi connectivity index (χ3v) is 4.54. The molecule has 0 N–H and O–H groups in total. The number of nitrogens with zero attached hydrogens (tertiary/aromatic N) is 3. The summed E-state index contributed by atoms with van der Waals surface area (Å²) in [4.78, 5) is 15.1. The fourth-order valence-corrected chi connectivity index (χ4v) is 2.89. The molecule has 0 unspecified atom stereocenters. The molecule has 25 heavy (non-hydrogen) atoms. The summed E-state index contributed by atoms with van der Waals surface area (Å²) in [6.07, 6.45) is 0. The van der Waals surface area contributed by atoms with E-state index >= 15 is 0 Å². The first kappa shape index (κ1) is 17.0. The molecule has 2 aromatic carbocycles. The van der Waals surface area contributed by atoms with Gasteiger partial charge < -0.3 is 4.90 Å². The molecular weight excluding hydrogens is 310 g/mol. The van der Waals surface area contributed by atoms with E-state index in [1.54, 1.807) is 4.68 Å². The molecule has 0 aliphatic carbocycles. The molecular formula is C21H23N3O. The smallest absolute Gasteiger partial charge is 0.275 e. The molecule has 0 aliphatic heterocycles. The van der Waals surface area contributed by atoms with Gasteiger partial charge in [-0.3, -0.25) is 9.48 Å². The van der Waals surface area contributed by atoms with Gasteiger partial charge in [-0.2, -0.15) is 5.10 Å². The van der Waals surface area contributed by atoms with Gasteiger partial charge in [-0.25, -0.2) is 0 Å². The van der Waals surface area contributed by atoms with Crippen molar-refractivity contribution < 1.29 is 4.79 Å². The van der Waals surface area contributed by atoms with Crippen LogP contribution < -0.4 is 0 Å². The highest BCUT2D eigenvalue weighted by atomic mass is 16.2. The van der Waals surface area contributed by atoms with Crippen molar-refractivity contribution in [2.75, 3.05) is 0 Å². The van der Waals surface area contributed by atoms with Crippen molar-refractivity contribution in [3.8, 4) is 0 Å². The molecule has 4 nitrogen and oxygen atoms in total. The fraction of sp³-hybridized carbons (Fsp3) is 0.238. The predicted molar refractivity (Wildman–Crippen MR) is 99.1 cm³/mol. The Morgan fingerprint density at radius 3 is 2.24 bits per heavy atom. The zero-order valence-electron chi connectivity index (χ0n) is 14.9. The summed E-state index contributed by atoms with van der Waals surface area (Å²) >= 11 is 0. The Balaban J connectivity index is 1.94. The van der Waals surface area contributed by atoms with Gasteiger partial charge in [-0.05, 0) is 31.0 Å². The molecule has 0 spiro atoms. The monoisotopic (exact) mass is 333 g/mol. The topological polar surface area (TPSA) is 38.1 Å². The lowest BCUT2D eigenvalue weighted by Crippen LogP contribution is -2.33. The minimum Gasteiger partial charge on any atom is -0.326 e. The van der Waals surface area contributed by atoms with Gasteiger partial charge in [0.15, 0.2) is 5.69 Å². The van der Waals surface area contributed by atoms with Crippen molar-refractivity contribution in [2.45, 2.75) is 26.4 Å². The Hall–Kier alpha value is -2.88.